The lowest BCUT2D eigenvalue weighted by Crippen LogP contribution is -2.21. The molecule has 1 aromatic heterocycles. The summed E-state index contributed by atoms with van der Waals surface area (Å²) < 4.78 is 14.2. The van der Waals surface area contributed by atoms with E-state index in [0.29, 0.717) is 10.6 Å². The predicted octanol–water partition coefficient (Wildman–Crippen LogP) is 4.61. The summed E-state index contributed by atoms with van der Waals surface area (Å²) in [5.74, 6) is -0.201. The molecule has 1 unspecified atom stereocenters. The molecule has 0 saturated carbocycles. The first kappa shape index (κ1) is 14.1. The van der Waals surface area contributed by atoms with Crippen LogP contribution in [0.4, 0.5) is 4.39 Å². The molecule has 0 radical (unpaired) electrons. The summed E-state index contributed by atoms with van der Waals surface area (Å²) in [4.78, 5) is 5.23. The Morgan fingerprint density at radius 2 is 1.86 bits per heavy atom. The summed E-state index contributed by atoms with van der Waals surface area (Å²) in [6.45, 7) is 0. The molecule has 2 aromatic carbocycles. The second-order valence-corrected chi connectivity index (χ2v) is 5.76. The molecule has 21 heavy (non-hydrogen) atoms. The molecule has 0 aliphatic carbocycles. The number of benzene rings is 2. The Kier molecular flexibility index (Phi) is 3.70. The van der Waals surface area contributed by atoms with E-state index in [-0.39, 0.29) is 11.9 Å². The molecule has 2 nitrogen and oxygen atoms in total. The van der Waals surface area contributed by atoms with Crippen LogP contribution in [0, 0.1) is 5.82 Å². The van der Waals surface area contributed by atoms with E-state index in [1.165, 1.54) is 6.07 Å². The van der Waals surface area contributed by atoms with Gasteiger partial charge in [-0.05, 0) is 43.9 Å². The zero-order valence-corrected chi connectivity index (χ0v) is 12.7. The molecule has 4 heteroatoms. The van der Waals surface area contributed by atoms with Crippen LogP contribution in [0.15, 0.2) is 48.7 Å². The fourth-order valence-electron chi connectivity index (χ4n) is 2.76. The van der Waals surface area contributed by atoms with Crippen LogP contribution in [0.5, 0.6) is 0 Å². The number of halogens is 2. The van der Waals surface area contributed by atoms with E-state index in [1.54, 1.807) is 6.07 Å². The van der Waals surface area contributed by atoms with Crippen molar-refractivity contribution >= 4 is 22.5 Å². The van der Waals surface area contributed by atoms with Gasteiger partial charge in [0.15, 0.2) is 0 Å². The number of H-pyrrole nitrogens is 1. The summed E-state index contributed by atoms with van der Waals surface area (Å²) in [5.41, 5.74) is 2.67. The van der Waals surface area contributed by atoms with Gasteiger partial charge >= 0.3 is 0 Å². The van der Waals surface area contributed by atoms with Crippen LogP contribution in [0.25, 0.3) is 10.9 Å². The molecule has 1 heterocycles. The zero-order chi connectivity index (χ0) is 15.0. The lowest BCUT2D eigenvalue weighted by molar-refractivity contribution is 0.335. The van der Waals surface area contributed by atoms with E-state index in [2.05, 4.69) is 4.98 Å². The van der Waals surface area contributed by atoms with E-state index in [1.807, 2.05) is 55.5 Å². The van der Waals surface area contributed by atoms with Crippen LogP contribution >= 0.6 is 11.6 Å². The molecular formula is C17H16ClFN2. The van der Waals surface area contributed by atoms with Gasteiger partial charge in [0.2, 0.25) is 0 Å². The number of aromatic nitrogens is 1. The molecule has 0 aliphatic rings. The summed E-state index contributed by atoms with van der Waals surface area (Å²) in [6, 6.07) is 12.4. The lowest BCUT2D eigenvalue weighted by Gasteiger charge is -2.25. The minimum Gasteiger partial charge on any atom is -0.361 e. The van der Waals surface area contributed by atoms with Gasteiger partial charge in [-0.1, -0.05) is 29.8 Å². The smallest absolute Gasteiger partial charge is 0.128 e. The number of aromatic amines is 1. The van der Waals surface area contributed by atoms with E-state index >= 15 is 0 Å². The fraction of sp³-hybridized carbons (Fsp3) is 0.176. The van der Waals surface area contributed by atoms with Crippen molar-refractivity contribution < 1.29 is 4.39 Å². The molecule has 3 aromatic rings. The van der Waals surface area contributed by atoms with Crippen molar-refractivity contribution in [1.82, 2.24) is 9.88 Å². The second-order valence-electron chi connectivity index (χ2n) is 5.32. The summed E-state index contributed by atoms with van der Waals surface area (Å²) >= 11 is 6.11. The third-order valence-corrected chi connectivity index (χ3v) is 3.92. The molecule has 0 saturated heterocycles. The first-order valence-electron chi connectivity index (χ1n) is 6.75. The van der Waals surface area contributed by atoms with Crippen molar-refractivity contribution in [3.8, 4) is 0 Å². The van der Waals surface area contributed by atoms with Gasteiger partial charge in [0.1, 0.15) is 5.82 Å². The van der Waals surface area contributed by atoms with Crippen molar-refractivity contribution in [2.24, 2.45) is 0 Å². The van der Waals surface area contributed by atoms with Gasteiger partial charge in [-0.25, -0.2) is 4.39 Å². The molecule has 0 fully saturated rings. The normalized spacial score (nSPS) is 13.0. The Morgan fingerprint density at radius 1 is 1.10 bits per heavy atom. The average molecular weight is 303 g/mol. The van der Waals surface area contributed by atoms with E-state index in [0.717, 1.165) is 16.5 Å². The van der Waals surface area contributed by atoms with Crippen molar-refractivity contribution in [1.29, 1.82) is 0 Å². The second kappa shape index (κ2) is 5.51. The highest BCUT2D eigenvalue weighted by molar-refractivity contribution is 6.31. The molecule has 3 rings (SSSR count). The van der Waals surface area contributed by atoms with Crippen LogP contribution in [0.2, 0.25) is 5.02 Å². The predicted molar refractivity (Wildman–Crippen MR) is 85.2 cm³/mol. The number of hydrogen-bond donors (Lipinski definition) is 1. The number of rotatable bonds is 3. The lowest BCUT2D eigenvalue weighted by atomic mass is 9.97. The molecular weight excluding hydrogens is 287 g/mol. The maximum absolute atomic E-state index is 14.2. The van der Waals surface area contributed by atoms with Crippen molar-refractivity contribution in [2.45, 2.75) is 6.04 Å². The maximum atomic E-state index is 14.2. The van der Waals surface area contributed by atoms with Crippen LogP contribution in [0.1, 0.15) is 17.2 Å². The monoisotopic (exact) mass is 302 g/mol. The van der Waals surface area contributed by atoms with Gasteiger partial charge in [-0.3, -0.25) is 4.90 Å². The SMILES string of the molecule is CN(C)C(c1ccccc1F)c1c[nH]c2ccc(Cl)cc12. The van der Waals surface area contributed by atoms with Crippen molar-refractivity contribution in [2.75, 3.05) is 14.1 Å². The summed E-state index contributed by atoms with van der Waals surface area (Å²) in [7, 11) is 3.89. The van der Waals surface area contributed by atoms with Crippen LogP contribution < -0.4 is 0 Å². The highest BCUT2D eigenvalue weighted by Gasteiger charge is 2.22. The standard InChI is InChI=1S/C17H16ClFN2/c1-21(2)17(12-5-3-4-6-15(12)19)14-10-20-16-8-7-11(18)9-13(14)16/h3-10,17,20H,1-2H3. The Labute approximate surface area is 128 Å². The quantitative estimate of drug-likeness (QED) is 0.748. The van der Waals surface area contributed by atoms with Crippen LogP contribution in [0.3, 0.4) is 0 Å². The van der Waals surface area contributed by atoms with Gasteiger partial charge in [0, 0.05) is 27.7 Å². The summed E-state index contributed by atoms with van der Waals surface area (Å²) in [5, 5.41) is 1.69. The molecule has 1 atom stereocenters. The average Bonchev–Trinajstić information content (AvgIpc) is 2.84. The van der Waals surface area contributed by atoms with Crippen LogP contribution in [-0.2, 0) is 0 Å². The molecule has 0 spiro atoms. The Morgan fingerprint density at radius 3 is 2.57 bits per heavy atom. The maximum Gasteiger partial charge on any atom is 0.128 e. The first-order chi connectivity index (χ1) is 10.1. The van der Waals surface area contributed by atoms with Gasteiger partial charge < -0.3 is 4.98 Å². The Hall–Kier alpha value is -1.84. The van der Waals surface area contributed by atoms with E-state index in [4.69, 9.17) is 11.6 Å². The number of hydrogen-bond acceptors (Lipinski definition) is 1. The molecule has 108 valence electrons. The fourth-order valence-corrected chi connectivity index (χ4v) is 2.93. The van der Waals surface area contributed by atoms with Crippen molar-refractivity contribution in [3.63, 3.8) is 0 Å². The van der Waals surface area contributed by atoms with Crippen LogP contribution in [-0.4, -0.2) is 24.0 Å². The van der Waals surface area contributed by atoms with Gasteiger partial charge in [-0.15, -0.1) is 0 Å². The van der Waals surface area contributed by atoms with E-state index in [9.17, 15) is 4.39 Å². The van der Waals surface area contributed by atoms with Crippen molar-refractivity contribution in [3.05, 3.63) is 70.6 Å². The highest BCUT2D eigenvalue weighted by Crippen LogP contribution is 2.34. The molecule has 0 amide bonds. The van der Waals surface area contributed by atoms with Gasteiger partial charge in [0.25, 0.3) is 0 Å². The third kappa shape index (κ3) is 2.55. The molecule has 0 bridgehead atoms. The molecule has 1 N–H and O–H groups in total. The summed E-state index contributed by atoms with van der Waals surface area (Å²) in [6.07, 6.45) is 1.93. The van der Waals surface area contributed by atoms with Gasteiger partial charge in [0.05, 0.1) is 6.04 Å². The number of nitrogens with zero attached hydrogens (tertiary/aromatic N) is 1. The first-order valence-corrected chi connectivity index (χ1v) is 7.13. The highest BCUT2D eigenvalue weighted by atomic mass is 35.5. The number of nitrogens with one attached hydrogen (secondary N) is 1. The van der Waals surface area contributed by atoms with E-state index < -0.39 is 0 Å². The Balaban J connectivity index is 2.21. The molecule has 0 aliphatic heterocycles. The minimum atomic E-state index is -0.201. The zero-order valence-electron chi connectivity index (χ0n) is 11.9. The third-order valence-electron chi connectivity index (χ3n) is 3.69. The minimum absolute atomic E-state index is 0.168. The topological polar surface area (TPSA) is 19.0 Å². The van der Waals surface area contributed by atoms with Gasteiger partial charge in [-0.2, -0.15) is 0 Å². The largest absolute Gasteiger partial charge is 0.361 e. The Bertz CT molecular complexity index is 779. The number of fused-ring (bicyclic) bond motifs is 1.